The highest BCUT2D eigenvalue weighted by Gasteiger charge is 2.33. The second kappa shape index (κ2) is 11.9. The minimum atomic E-state index is -3.78. The van der Waals surface area contributed by atoms with Gasteiger partial charge in [0.15, 0.2) is 0 Å². The van der Waals surface area contributed by atoms with Crippen molar-refractivity contribution in [1.82, 2.24) is 10.2 Å². The van der Waals surface area contributed by atoms with E-state index in [9.17, 15) is 18.0 Å². The second-order valence-electron chi connectivity index (χ2n) is 9.53. The van der Waals surface area contributed by atoms with Crippen molar-refractivity contribution in [2.24, 2.45) is 0 Å². The number of nitrogens with zero attached hydrogens (tertiary/aromatic N) is 2. The van der Waals surface area contributed by atoms with Gasteiger partial charge in [0, 0.05) is 17.1 Å². The summed E-state index contributed by atoms with van der Waals surface area (Å²) in [5.41, 5.74) is 1.43. The Hall–Kier alpha value is -2.58. The maximum atomic E-state index is 13.8. The molecular formula is C26H36ClN3O4S. The van der Waals surface area contributed by atoms with Gasteiger partial charge in [0.05, 0.1) is 11.9 Å². The number of para-hydroxylation sites is 1. The summed E-state index contributed by atoms with van der Waals surface area (Å²) < 4.78 is 26.7. The van der Waals surface area contributed by atoms with Crippen LogP contribution in [0.5, 0.6) is 0 Å². The average Bonchev–Trinajstić information content (AvgIpc) is 2.76. The number of rotatable bonds is 10. The molecule has 0 heterocycles. The molecular weight excluding hydrogens is 486 g/mol. The Labute approximate surface area is 214 Å². The van der Waals surface area contributed by atoms with E-state index in [1.165, 1.54) is 4.90 Å². The van der Waals surface area contributed by atoms with Gasteiger partial charge >= 0.3 is 0 Å². The van der Waals surface area contributed by atoms with E-state index in [0.717, 1.165) is 16.1 Å². The van der Waals surface area contributed by atoms with Crippen LogP contribution in [0.2, 0.25) is 5.02 Å². The van der Waals surface area contributed by atoms with Gasteiger partial charge in [-0.1, -0.05) is 61.8 Å². The molecule has 0 aromatic heterocycles. The largest absolute Gasteiger partial charge is 0.350 e. The molecule has 0 saturated heterocycles. The first-order valence-electron chi connectivity index (χ1n) is 11.7. The summed E-state index contributed by atoms with van der Waals surface area (Å²) in [4.78, 5) is 28.4. The van der Waals surface area contributed by atoms with E-state index in [0.29, 0.717) is 29.1 Å². The third-order valence-corrected chi connectivity index (χ3v) is 7.00. The molecule has 0 radical (unpaired) electrons. The zero-order valence-electron chi connectivity index (χ0n) is 21.3. The van der Waals surface area contributed by atoms with Gasteiger partial charge in [0.1, 0.15) is 12.6 Å². The number of nitrogens with one attached hydrogen (secondary N) is 1. The molecule has 192 valence electrons. The molecule has 0 saturated carbocycles. The first-order valence-corrected chi connectivity index (χ1v) is 13.9. The number of sulfonamides is 1. The Balaban J connectivity index is 2.51. The minimum absolute atomic E-state index is 0.0710. The van der Waals surface area contributed by atoms with Crippen molar-refractivity contribution in [2.75, 3.05) is 17.1 Å². The van der Waals surface area contributed by atoms with Crippen LogP contribution >= 0.6 is 11.6 Å². The van der Waals surface area contributed by atoms with Gasteiger partial charge in [-0.05, 0) is 56.9 Å². The zero-order chi connectivity index (χ0) is 26.4. The summed E-state index contributed by atoms with van der Waals surface area (Å²) in [7, 11) is -3.78. The van der Waals surface area contributed by atoms with Gasteiger partial charge in [0.25, 0.3) is 0 Å². The molecule has 1 unspecified atom stereocenters. The molecule has 0 aliphatic rings. The molecule has 0 aliphatic heterocycles. The number of carbonyl (C=O) groups excluding carboxylic acids is 2. The maximum absolute atomic E-state index is 13.8. The summed E-state index contributed by atoms with van der Waals surface area (Å²) in [5.74, 6) is -0.794. The van der Waals surface area contributed by atoms with Crippen molar-refractivity contribution >= 4 is 39.1 Å². The Morgan fingerprint density at radius 2 is 1.57 bits per heavy atom. The first kappa shape index (κ1) is 28.7. The van der Waals surface area contributed by atoms with Gasteiger partial charge < -0.3 is 10.2 Å². The molecule has 9 heteroatoms. The van der Waals surface area contributed by atoms with Crippen LogP contribution in [0, 0.1) is 0 Å². The first-order chi connectivity index (χ1) is 16.3. The van der Waals surface area contributed by atoms with Crippen molar-refractivity contribution in [3.05, 3.63) is 64.7 Å². The molecule has 1 atom stereocenters. The number of anilines is 1. The lowest BCUT2D eigenvalue weighted by atomic mass is 10.1. The number of amides is 2. The van der Waals surface area contributed by atoms with E-state index in [1.54, 1.807) is 36.4 Å². The zero-order valence-corrected chi connectivity index (χ0v) is 22.9. The number of hydrogen-bond acceptors (Lipinski definition) is 4. The van der Waals surface area contributed by atoms with Crippen molar-refractivity contribution in [3.8, 4) is 0 Å². The Morgan fingerprint density at radius 1 is 1.00 bits per heavy atom. The van der Waals surface area contributed by atoms with Crippen LogP contribution < -0.4 is 9.62 Å². The molecule has 0 spiro atoms. The van der Waals surface area contributed by atoms with Gasteiger partial charge in [0.2, 0.25) is 21.8 Å². The van der Waals surface area contributed by atoms with Crippen LogP contribution in [0.3, 0.4) is 0 Å². The smallest absolute Gasteiger partial charge is 0.244 e. The van der Waals surface area contributed by atoms with Crippen LogP contribution in [0.1, 0.15) is 52.2 Å². The molecule has 0 fully saturated rings. The van der Waals surface area contributed by atoms with Gasteiger partial charge in [-0.2, -0.15) is 0 Å². The number of halogens is 1. The third kappa shape index (κ3) is 7.97. The van der Waals surface area contributed by atoms with E-state index in [-0.39, 0.29) is 12.5 Å². The predicted molar refractivity (Wildman–Crippen MR) is 142 cm³/mol. The lowest BCUT2D eigenvalue weighted by molar-refractivity contribution is -0.141. The van der Waals surface area contributed by atoms with Crippen molar-refractivity contribution in [1.29, 1.82) is 0 Å². The standard InChI is InChI=1S/C26H36ClN3O4S/c1-7-19-13-10-12-16-23(19)30(35(6,33)34)18-24(31)29(17-20-14-9-11-15-21(20)27)22(8-2)25(32)28-26(3,4)5/h9-16,22H,7-8,17-18H2,1-6H3,(H,28,32). The van der Waals surface area contributed by atoms with E-state index in [2.05, 4.69) is 5.32 Å². The predicted octanol–water partition coefficient (Wildman–Crippen LogP) is 4.39. The fourth-order valence-electron chi connectivity index (χ4n) is 3.83. The lowest BCUT2D eigenvalue weighted by Crippen LogP contribution is -2.55. The summed E-state index contributed by atoms with van der Waals surface area (Å²) in [6.07, 6.45) is 2.03. The molecule has 1 N–H and O–H groups in total. The van der Waals surface area contributed by atoms with Crippen LogP contribution in [0.4, 0.5) is 5.69 Å². The van der Waals surface area contributed by atoms with Crippen LogP contribution in [-0.2, 0) is 32.6 Å². The quantitative estimate of drug-likeness (QED) is 0.502. The molecule has 0 aliphatic carbocycles. The van der Waals surface area contributed by atoms with Crippen LogP contribution in [0.15, 0.2) is 48.5 Å². The van der Waals surface area contributed by atoms with Crippen molar-refractivity contribution in [2.45, 2.75) is 65.6 Å². The summed E-state index contributed by atoms with van der Waals surface area (Å²) in [6, 6.07) is 13.4. The SMILES string of the molecule is CCc1ccccc1N(CC(=O)N(Cc1ccccc1Cl)C(CC)C(=O)NC(C)(C)C)S(C)(=O)=O. The van der Waals surface area contributed by atoms with Crippen molar-refractivity contribution in [3.63, 3.8) is 0 Å². The Kier molecular flexibility index (Phi) is 9.75. The van der Waals surface area contributed by atoms with Crippen LogP contribution in [0.25, 0.3) is 0 Å². The molecule has 35 heavy (non-hydrogen) atoms. The number of benzene rings is 2. The molecule has 2 aromatic carbocycles. The maximum Gasteiger partial charge on any atom is 0.244 e. The number of aryl methyl sites for hydroxylation is 1. The molecule has 2 amide bonds. The van der Waals surface area contributed by atoms with E-state index >= 15 is 0 Å². The highest BCUT2D eigenvalue weighted by atomic mass is 35.5. The molecule has 7 nitrogen and oxygen atoms in total. The fourth-order valence-corrected chi connectivity index (χ4v) is 4.91. The third-order valence-electron chi connectivity index (χ3n) is 5.50. The van der Waals surface area contributed by atoms with E-state index in [4.69, 9.17) is 11.6 Å². The average molecular weight is 522 g/mol. The van der Waals surface area contributed by atoms with E-state index in [1.807, 2.05) is 46.8 Å². The molecule has 2 aromatic rings. The van der Waals surface area contributed by atoms with Gasteiger partial charge in [-0.3, -0.25) is 13.9 Å². The fraction of sp³-hybridized carbons (Fsp3) is 0.462. The molecule has 2 rings (SSSR count). The van der Waals surface area contributed by atoms with Crippen molar-refractivity contribution < 1.29 is 18.0 Å². The Bertz CT molecular complexity index is 1150. The van der Waals surface area contributed by atoms with Crippen LogP contribution in [-0.4, -0.2) is 49.5 Å². The number of carbonyl (C=O) groups is 2. The topological polar surface area (TPSA) is 86.8 Å². The normalized spacial score (nSPS) is 12.7. The monoisotopic (exact) mass is 521 g/mol. The second-order valence-corrected chi connectivity index (χ2v) is 11.8. The minimum Gasteiger partial charge on any atom is -0.350 e. The van der Waals surface area contributed by atoms with Gasteiger partial charge in [-0.25, -0.2) is 8.42 Å². The van der Waals surface area contributed by atoms with E-state index < -0.39 is 34.1 Å². The summed E-state index contributed by atoms with van der Waals surface area (Å²) in [6.45, 7) is 8.98. The summed E-state index contributed by atoms with van der Waals surface area (Å²) in [5, 5.41) is 3.41. The lowest BCUT2D eigenvalue weighted by Gasteiger charge is -2.35. The Morgan fingerprint density at radius 3 is 2.09 bits per heavy atom. The number of hydrogen-bond donors (Lipinski definition) is 1. The van der Waals surface area contributed by atoms with Gasteiger partial charge in [-0.15, -0.1) is 0 Å². The summed E-state index contributed by atoms with van der Waals surface area (Å²) >= 11 is 6.38. The highest BCUT2D eigenvalue weighted by Crippen LogP contribution is 2.25. The highest BCUT2D eigenvalue weighted by molar-refractivity contribution is 7.92. The molecule has 0 bridgehead atoms.